The third-order valence-electron chi connectivity index (χ3n) is 4.97. The first-order valence-electron chi connectivity index (χ1n) is 7.92. The minimum Gasteiger partial charge on any atom is -0.388 e. The predicted molar refractivity (Wildman–Crippen MR) is 82.9 cm³/mol. The molecule has 2 atom stereocenters. The summed E-state index contributed by atoms with van der Waals surface area (Å²) in [6.45, 7) is 0. The fourth-order valence-corrected chi connectivity index (χ4v) is 3.74. The Labute approximate surface area is 126 Å². The monoisotopic (exact) mass is 285 g/mol. The molecule has 1 amide bonds. The second-order valence-electron chi connectivity index (χ2n) is 6.27. The molecular formula is C18H23NO2. The fraction of sp³-hybridized carbons (Fsp3) is 0.500. The molecule has 0 radical (unpaired) electrons. The van der Waals surface area contributed by atoms with Crippen LogP contribution in [-0.4, -0.2) is 23.2 Å². The van der Waals surface area contributed by atoms with Gasteiger partial charge < -0.3 is 10.4 Å². The summed E-state index contributed by atoms with van der Waals surface area (Å²) in [7, 11) is 0. The van der Waals surface area contributed by atoms with E-state index in [-0.39, 0.29) is 17.4 Å². The largest absolute Gasteiger partial charge is 0.388 e. The van der Waals surface area contributed by atoms with Crippen LogP contribution in [0.25, 0.3) is 0 Å². The molecule has 1 saturated carbocycles. The van der Waals surface area contributed by atoms with Crippen molar-refractivity contribution in [1.29, 1.82) is 0 Å². The van der Waals surface area contributed by atoms with Crippen molar-refractivity contribution < 1.29 is 9.90 Å². The Hall–Kier alpha value is -1.61. The van der Waals surface area contributed by atoms with Gasteiger partial charge >= 0.3 is 0 Å². The van der Waals surface area contributed by atoms with Crippen molar-refractivity contribution in [3.63, 3.8) is 0 Å². The van der Waals surface area contributed by atoms with Crippen molar-refractivity contribution in [2.75, 3.05) is 0 Å². The zero-order valence-corrected chi connectivity index (χ0v) is 12.3. The molecular weight excluding hydrogens is 262 g/mol. The maximum absolute atomic E-state index is 11.2. The maximum atomic E-state index is 11.2. The molecule has 0 bridgehead atoms. The Balaban J connectivity index is 1.78. The molecule has 3 rings (SSSR count). The molecule has 2 unspecified atom stereocenters. The summed E-state index contributed by atoms with van der Waals surface area (Å²) in [5, 5.41) is 13.7. The standard InChI is InChI=1S/C18H23NO2/c20-16(10-8-15-9-11-17(21)19-15)18(12-4-5-13-18)14-6-2-1-3-7-14/h1-3,6-8,10,15-16,20H,4-5,9,11-13H2,(H,19,21)/b10-8+. The van der Waals surface area contributed by atoms with Crippen LogP contribution < -0.4 is 5.32 Å². The quantitative estimate of drug-likeness (QED) is 0.836. The Bertz CT molecular complexity index is 517. The summed E-state index contributed by atoms with van der Waals surface area (Å²) < 4.78 is 0. The highest BCUT2D eigenvalue weighted by Crippen LogP contribution is 2.44. The number of hydrogen-bond acceptors (Lipinski definition) is 2. The first kappa shape index (κ1) is 14.3. The van der Waals surface area contributed by atoms with Crippen LogP contribution >= 0.6 is 0 Å². The maximum Gasteiger partial charge on any atom is 0.220 e. The number of rotatable bonds is 4. The first-order chi connectivity index (χ1) is 10.2. The normalized spacial score (nSPS) is 26.1. The lowest BCUT2D eigenvalue weighted by Crippen LogP contribution is -2.36. The van der Waals surface area contributed by atoms with Crippen molar-refractivity contribution in [3.8, 4) is 0 Å². The minimum atomic E-state index is -0.486. The van der Waals surface area contributed by atoms with Gasteiger partial charge in [0.1, 0.15) is 0 Å². The second-order valence-corrected chi connectivity index (χ2v) is 6.27. The number of nitrogens with one attached hydrogen (secondary N) is 1. The number of benzene rings is 1. The van der Waals surface area contributed by atoms with Gasteiger partial charge in [-0.25, -0.2) is 0 Å². The minimum absolute atomic E-state index is 0.0846. The van der Waals surface area contributed by atoms with Crippen molar-refractivity contribution in [2.24, 2.45) is 0 Å². The highest BCUT2D eigenvalue weighted by Gasteiger charge is 2.40. The third-order valence-corrected chi connectivity index (χ3v) is 4.97. The summed E-state index contributed by atoms with van der Waals surface area (Å²) in [5.74, 6) is 0.109. The SMILES string of the molecule is O=C1CCC(/C=C/C(O)C2(c3ccccc3)CCCC2)N1. The zero-order chi connectivity index (χ0) is 14.7. The van der Waals surface area contributed by atoms with Crippen molar-refractivity contribution in [1.82, 2.24) is 5.32 Å². The lowest BCUT2D eigenvalue weighted by molar-refractivity contribution is -0.119. The number of aliphatic hydroxyl groups is 1. The van der Waals surface area contributed by atoms with Crippen molar-refractivity contribution in [2.45, 2.75) is 56.1 Å². The molecule has 1 aliphatic heterocycles. The van der Waals surface area contributed by atoms with Crippen LogP contribution in [0.3, 0.4) is 0 Å². The molecule has 0 aromatic heterocycles. The molecule has 1 aliphatic carbocycles. The predicted octanol–water partition coefficient (Wildman–Crippen LogP) is 2.69. The van der Waals surface area contributed by atoms with E-state index in [0.717, 1.165) is 19.3 Å². The molecule has 2 fully saturated rings. The average molecular weight is 285 g/mol. The molecule has 2 N–H and O–H groups in total. The molecule has 3 nitrogen and oxygen atoms in total. The molecule has 1 aromatic rings. The molecule has 112 valence electrons. The second kappa shape index (κ2) is 6.02. The molecule has 3 heteroatoms. The van der Waals surface area contributed by atoms with Crippen LogP contribution in [0.5, 0.6) is 0 Å². The molecule has 21 heavy (non-hydrogen) atoms. The first-order valence-corrected chi connectivity index (χ1v) is 7.92. The summed E-state index contributed by atoms with van der Waals surface area (Å²) in [6, 6.07) is 10.4. The van der Waals surface area contributed by atoms with Crippen LogP contribution in [0.1, 0.15) is 44.1 Å². The fourth-order valence-electron chi connectivity index (χ4n) is 3.74. The van der Waals surface area contributed by atoms with Gasteiger partial charge in [0.25, 0.3) is 0 Å². The highest BCUT2D eigenvalue weighted by atomic mass is 16.3. The van der Waals surface area contributed by atoms with Gasteiger partial charge in [0.15, 0.2) is 0 Å². The zero-order valence-electron chi connectivity index (χ0n) is 12.3. The van der Waals surface area contributed by atoms with Gasteiger partial charge in [-0.2, -0.15) is 0 Å². The Morgan fingerprint density at radius 1 is 1.24 bits per heavy atom. The van der Waals surface area contributed by atoms with E-state index in [2.05, 4.69) is 17.4 Å². The van der Waals surface area contributed by atoms with Gasteiger partial charge in [0.2, 0.25) is 5.91 Å². The van der Waals surface area contributed by atoms with E-state index in [0.29, 0.717) is 6.42 Å². The average Bonchev–Trinajstić information content (AvgIpc) is 3.15. The van der Waals surface area contributed by atoms with E-state index in [9.17, 15) is 9.90 Å². The van der Waals surface area contributed by atoms with E-state index < -0.39 is 6.10 Å². The van der Waals surface area contributed by atoms with E-state index in [1.54, 1.807) is 0 Å². The highest BCUT2D eigenvalue weighted by molar-refractivity contribution is 5.78. The van der Waals surface area contributed by atoms with E-state index >= 15 is 0 Å². The van der Waals surface area contributed by atoms with Crippen LogP contribution in [0.4, 0.5) is 0 Å². The number of amides is 1. The number of aliphatic hydroxyl groups excluding tert-OH is 1. The topological polar surface area (TPSA) is 49.3 Å². The molecule has 1 saturated heterocycles. The van der Waals surface area contributed by atoms with Crippen LogP contribution in [0.15, 0.2) is 42.5 Å². The Kier molecular flexibility index (Phi) is 4.11. The van der Waals surface area contributed by atoms with E-state index in [1.165, 1.54) is 18.4 Å². The lowest BCUT2D eigenvalue weighted by atomic mass is 9.74. The van der Waals surface area contributed by atoms with Gasteiger partial charge in [0.05, 0.1) is 6.10 Å². The number of hydrogen-bond donors (Lipinski definition) is 2. The van der Waals surface area contributed by atoms with Gasteiger partial charge in [-0.1, -0.05) is 55.3 Å². The van der Waals surface area contributed by atoms with Crippen molar-refractivity contribution in [3.05, 3.63) is 48.0 Å². The number of carbonyl (C=O) groups excluding carboxylic acids is 1. The van der Waals surface area contributed by atoms with Crippen LogP contribution in [0, 0.1) is 0 Å². The smallest absolute Gasteiger partial charge is 0.220 e. The summed E-state index contributed by atoms with van der Waals surface area (Å²) in [4.78, 5) is 11.2. The molecule has 0 spiro atoms. The van der Waals surface area contributed by atoms with Crippen LogP contribution in [0.2, 0.25) is 0 Å². The van der Waals surface area contributed by atoms with Crippen LogP contribution in [-0.2, 0) is 10.2 Å². The summed E-state index contributed by atoms with van der Waals surface area (Å²) in [6.07, 6.45) is 9.20. The Morgan fingerprint density at radius 2 is 1.95 bits per heavy atom. The van der Waals surface area contributed by atoms with Gasteiger partial charge in [-0.05, 0) is 24.8 Å². The molecule has 1 heterocycles. The Morgan fingerprint density at radius 3 is 2.57 bits per heavy atom. The van der Waals surface area contributed by atoms with E-state index in [1.807, 2.05) is 30.4 Å². The third kappa shape index (κ3) is 2.88. The van der Waals surface area contributed by atoms with E-state index in [4.69, 9.17) is 0 Å². The molecule has 2 aliphatic rings. The van der Waals surface area contributed by atoms with Gasteiger partial charge in [0, 0.05) is 17.9 Å². The molecule has 1 aromatic carbocycles. The lowest BCUT2D eigenvalue weighted by Gasteiger charge is -2.33. The van der Waals surface area contributed by atoms with Gasteiger partial charge in [-0.15, -0.1) is 0 Å². The van der Waals surface area contributed by atoms with Crippen molar-refractivity contribution >= 4 is 5.91 Å². The number of carbonyl (C=O) groups is 1. The summed E-state index contributed by atoms with van der Waals surface area (Å²) >= 11 is 0. The summed E-state index contributed by atoms with van der Waals surface area (Å²) in [5.41, 5.74) is 1.08. The van der Waals surface area contributed by atoms with Gasteiger partial charge in [-0.3, -0.25) is 4.79 Å².